The van der Waals surface area contributed by atoms with Gasteiger partial charge in [-0.2, -0.15) is 18.4 Å². The van der Waals surface area contributed by atoms with Crippen molar-refractivity contribution in [3.8, 4) is 6.07 Å². The lowest BCUT2D eigenvalue weighted by atomic mass is 10.2. The van der Waals surface area contributed by atoms with Crippen LogP contribution >= 0.6 is 0 Å². The Morgan fingerprint density at radius 1 is 1.43 bits per heavy atom. The number of pyridine rings is 1. The summed E-state index contributed by atoms with van der Waals surface area (Å²) in [4.78, 5) is 13.8. The Labute approximate surface area is 76.8 Å². The average molecular weight is 200 g/mol. The number of carbonyl (C=O) groups is 1. The van der Waals surface area contributed by atoms with Gasteiger partial charge in [0.25, 0.3) is 5.78 Å². The van der Waals surface area contributed by atoms with Gasteiger partial charge in [-0.05, 0) is 12.1 Å². The van der Waals surface area contributed by atoms with Crippen molar-refractivity contribution < 1.29 is 18.0 Å². The molecule has 0 spiro atoms. The molecule has 0 saturated heterocycles. The summed E-state index contributed by atoms with van der Waals surface area (Å²) in [5.41, 5.74) is -0.611. The fourth-order valence-electron chi connectivity index (χ4n) is 0.740. The summed E-state index contributed by atoms with van der Waals surface area (Å²) < 4.78 is 35.6. The topological polar surface area (TPSA) is 53.8 Å². The summed E-state index contributed by atoms with van der Waals surface area (Å²) >= 11 is 0. The highest BCUT2D eigenvalue weighted by Crippen LogP contribution is 2.20. The minimum atomic E-state index is -4.93. The number of nitrogens with zero attached hydrogens (tertiary/aromatic N) is 2. The predicted molar refractivity (Wildman–Crippen MR) is 39.3 cm³/mol. The van der Waals surface area contributed by atoms with Crippen molar-refractivity contribution in [2.75, 3.05) is 0 Å². The lowest BCUT2D eigenvalue weighted by molar-refractivity contribution is -0.0888. The molecule has 0 bridgehead atoms. The van der Waals surface area contributed by atoms with Gasteiger partial charge in [0.2, 0.25) is 0 Å². The molecule has 14 heavy (non-hydrogen) atoms. The lowest BCUT2D eigenvalue weighted by Crippen LogP contribution is -2.23. The lowest BCUT2D eigenvalue weighted by Gasteiger charge is -2.03. The van der Waals surface area contributed by atoms with Crippen LogP contribution in [-0.4, -0.2) is 16.9 Å². The summed E-state index contributed by atoms with van der Waals surface area (Å²) in [5, 5.41) is 8.33. The maximum absolute atomic E-state index is 11.9. The van der Waals surface area contributed by atoms with Crippen LogP contribution < -0.4 is 0 Å². The minimum Gasteiger partial charge on any atom is -0.282 e. The molecule has 0 unspecified atom stereocenters. The fraction of sp³-hybridized carbons (Fsp3) is 0.125. The summed E-state index contributed by atoms with van der Waals surface area (Å²) in [7, 11) is 0. The maximum atomic E-state index is 11.9. The van der Waals surface area contributed by atoms with E-state index in [2.05, 4.69) is 4.98 Å². The zero-order chi connectivity index (χ0) is 10.8. The Balaban J connectivity index is 3.00. The average Bonchev–Trinajstić information content (AvgIpc) is 2.15. The van der Waals surface area contributed by atoms with Gasteiger partial charge in [-0.1, -0.05) is 0 Å². The molecule has 0 saturated carbocycles. The molecule has 0 aliphatic heterocycles. The molecule has 0 amide bonds. The third-order valence-electron chi connectivity index (χ3n) is 1.38. The monoisotopic (exact) mass is 200 g/mol. The molecule has 6 heteroatoms. The van der Waals surface area contributed by atoms with Crippen LogP contribution in [0.1, 0.15) is 16.1 Å². The van der Waals surface area contributed by atoms with Crippen LogP contribution in [0.25, 0.3) is 0 Å². The molecule has 0 aliphatic carbocycles. The third kappa shape index (κ3) is 2.07. The van der Waals surface area contributed by atoms with Crippen LogP contribution in [0.2, 0.25) is 0 Å². The normalized spacial score (nSPS) is 10.7. The molecule has 1 rings (SSSR count). The zero-order valence-electron chi connectivity index (χ0n) is 6.67. The highest BCUT2D eigenvalue weighted by Gasteiger charge is 2.40. The second-order valence-corrected chi connectivity index (χ2v) is 2.37. The highest BCUT2D eigenvalue weighted by molar-refractivity contribution is 5.98. The zero-order valence-corrected chi connectivity index (χ0v) is 6.67. The van der Waals surface area contributed by atoms with Gasteiger partial charge in [-0.15, -0.1) is 0 Å². The first-order valence-electron chi connectivity index (χ1n) is 3.43. The highest BCUT2D eigenvalue weighted by atomic mass is 19.4. The van der Waals surface area contributed by atoms with Crippen LogP contribution in [0.3, 0.4) is 0 Å². The van der Waals surface area contributed by atoms with E-state index in [1.165, 1.54) is 0 Å². The molecule has 1 heterocycles. The maximum Gasteiger partial charge on any atom is 0.456 e. The number of rotatable bonds is 1. The van der Waals surface area contributed by atoms with Crippen LogP contribution in [0.4, 0.5) is 13.2 Å². The van der Waals surface area contributed by atoms with E-state index in [0.29, 0.717) is 0 Å². The van der Waals surface area contributed by atoms with Gasteiger partial charge in [0.05, 0.1) is 5.56 Å². The predicted octanol–water partition coefficient (Wildman–Crippen LogP) is 1.70. The first kappa shape index (κ1) is 10.2. The van der Waals surface area contributed by atoms with E-state index in [1.54, 1.807) is 6.07 Å². The van der Waals surface area contributed by atoms with Crippen molar-refractivity contribution in [2.45, 2.75) is 6.18 Å². The molecule has 72 valence electrons. The minimum absolute atomic E-state index is 0.101. The van der Waals surface area contributed by atoms with E-state index >= 15 is 0 Å². The van der Waals surface area contributed by atoms with Gasteiger partial charge in [0, 0.05) is 6.20 Å². The Hall–Kier alpha value is -1.90. The number of hydrogen-bond donors (Lipinski definition) is 0. The van der Waals surface area contributed by atoms with Gasteiger partial charge < -0.3 is 0 Å². The van der Waals surface area contributed by atoms with Crippen molar-refractivity contribution >= 4 is 5.78 Å². The standard InChI is InChI=1S/C8H3F3N2O/c9-8(10,11)7(14)6-2-1-5(3-12)4-13-6/h1-2,4H. The van der Waals surface area contributed by atoms with E-state index in [4.69, 9.17) is 5.26 Å². The SMILES string of the molecule is N#Cc1ccc(C(=O)C(F)(F)F)nc1. The van der Waals surface area contributed by atoms with Gasteiger partial charge in [-0.25, -0.2) is 0 Å². The first-order valence-corrected chi connectivity index (χ1v) is 3.43. The molecule has 3 nitrogen and oxygen atoms in total. The summed E-state index contributed by atoms with van der Waals surface area (Å²) in [6.45, 7) is 0. The smallest absolute Gasteiger partial charge is 0.282 e. The van der Waals surface area contributed by atoms with Crippen LogP contribution in [-0.2, 0) is 0 Å². The first-order chi connectivity index (χ1) is 6.45. The molecule has 0 radical (unpaired) electrons. The van der Waals surface area contributed by atoms with E-state index in [9.17, 15) is 18.0 Å². The number of halogens is 3. The van der Waals surface area contributed by atoms with Gasteiger partial charge in [0.15, 0.2) is 0 Å². The Kier molecular flexibility index (Phi) is 2.51. The molecule has 1 aromatic rings. The number of hydrogen-bond acceptors (Lipinski definition) is 3. The van der Waals surface area contributed by atoms with Crippen LogP contribution in [0, 0.1) is 11.3 Å². The van der Waals surface area contributed by atoms with E-state index in [-0.39, 0.29) is 5.56 Å². The van der Waals surface area contributed by atoms with Crippen molar-refractivity contribution in [2.24, 2.45) is 0 Å². The molecule has 1 aromatic heterocycles. The number of Topliss-reactive ketones (excluding diaryl/α,β-unsaturated/α-hetero) is 1. The molecule has 0 aliphatic rings. The van der Waals surface area contributed by atoms with Gasteiger partial charge in [0.1, 0.15) is 11.8 Å². The molecular formula is C8H3F3N2O. The summed E-state index contributed by atoms with van der Waals surface area (Å²) in [6, 6.07) is 3.65. The number of ketones is 1. The summed E-state index contributed by atoms with van der Waals surface area (Å²) in [6.07, 6.45) is -4.01. The van der Waals surface area contributed by atoms with Gasteiger partial charge in [-0.3, -0.25) is 9.78 Å². The molecular weight excluding hydrogens is 197 g/mol. The van der Waals surface area contributed by atoms with Crippen molar-refractivity contribution in [3.05, 3.63) is 29.6 Å². The Morgan fingerprint density at radius 2 is 2.07 bits per heavy atom. The Morgan fingerprint density at radius 3 is 2.43 bits per heavy atom. The Bertz CT molecular complexity index is 389. The fourth-order valence-corrected chi connectivity index (χ4v) is 0.740. The van der Waals surface area contributed by atoms with Crippen LogP contribution in [0.15, 0.2) is 18.3 Å². The second-order valence-electron chi connectivity index (χ2n) is 2.37. The third-order valence-corrected chi connectivity index (χ3v) is 1.38. The van der Waals surface area contributed by atoms with Crippen molar-refractivity contribution in [3.63, 3.8) is 0 Å². The number of alkyl halides is 3. The van der Waals surface area contributed by atoms with Crippen LogP contribution in [0.5, 0.6) is 0 Å². The van der Waals surface area contributed by atoms with Crippen molar-refractivity contribution in [1.29, 1.82) is 5.26 Å². The molecule has 0 aromatic carbocycles. The largest absolute Gasteiger partial charge is 0.456 e. The molecule has 0 N–H and O–H groups in total. The molecule has 0 fully saturated rings. The van der Waals surface area contributed by atoms with E-state index in [0.717, 1.165) is 18.3 Å². The van der Waals surface area contributed by atoms with E-state index in [1.807, 2.05) is 0 Å². The van der Waals surface area contributed by atoms with Gasteiger partial charge >= 0.3 is 6.18 Å². The van der Waals surface area contributed by atoms with E-state index < -0.39 is 17.7 Å². The second kappa shape index (κ2) is 3.46. The van der Waals surface area contributed by atoms with Crippen molar-refractivity contribution in [1.82, 2.24) is 4.98 Å². The number of carbonyl (C=O) groups excluding carboxylic acids is 1. The number of aromatic nitrogens is 1. The quantitative estimate of drug-likeness (QED) is 0.648. The number of nitriles is 1. The summed E-state index contributed by atoms with van der Waals surface area (Å²) in [5.74, 6) is -2.01. The molecule has 0 atom stereocenters.